The van der Waals surface area contributed by atoms with E-state index in [1.54, 1.807) is 6.92 Å². The van der Waals surface area contributed by atoms with Crippen molar-refractivity contribution >= 4 is 33.3 Å². The van der Waals surface area contributed by atoms with Gasteiger partial charge in [-0.15, -0.1) is 0 Å². The van der Waals surface area contributed by atoms with Crippen LogP contribution in [0.3, 0.4) is 0 Å². The van der Waals surface area contributed by atoms with Gasteiger partial charge >= 0.3 is 5.97 Å². The van der Waals surface area contributed by atoms with Gasteiger partial charge in [0.2, 0.25) is 0 Å². The fraction of sp³-hybridized carbons (Fsp3) is 0.0909. The molecular formula is C11H8N2O2S. The maximum Gasteiger partial charge on any atom is 0.347 e. The summed E-state index contributed by atoms with van der Waals surface area (Å²) >= 11 is 1.21. The van der Waals surface area contributed by atoms with Gasteiger partial charge in [-0.2, -0.15) is 0 Å². The number of aromatic carboxylic acids is 1. The zero-order valence-electron chi connectivity index (χ0n) is 8.47. The third-order valence-electron chi connectivity index (χ3n) is 2.58. The Kier molecular flexibility index (Phi) is 1.79. The van der Waals surface area contributed by atoms with Crippen molar-refractivity contribution in [1.29, 1.82) is 0 Å². The summed E-state index contributed by atoms with van der Waals surface area (Å²) in [7, 11) is 0. The summed E-state index contributed by atoms with van der Waals surface area (Å²) in [4.78, 5) is 16.5. The molecule has 0 amide bonds. The first-order valence-corrected chi connectivity index (χ1v) is 5.60. The van der Waals surface area contributed by atoms with Gasteiger partial charge in [0.05, 0.1) is 11.0 Å². The first kappa shape index (κ1) is 9.35. The topological polar surface area (TPSA) is 54.6 Å². The highest BCUT2D eigenvalue weighted by Crippen LogP contribution is 2.27. The number of nitrogens with zero attached hydrogens (tertiary/aromatic N) is 2. The summed E-state index contributed by atoms with van der Waals surface area (Å²) in [5.74, 6) is -0.892. The molecule has 1 N–H and O–H groups in total. The van der Waals surface area contributed by atoms with Crippen LogP contribution in [0.15, 0.2) is 24.3 Å². The van der Waals surface area contributed by atoms with Crippen LogP contribution in [0.5, 0.6) is 0 Å². The standard InChI is InChI=1S/C11H8N2O2S/c1-6-9(10(14)15)16-11-12-7-4-2-3-5-8(7)13(6)11/h2-5H,1H3,(H,14,15). The van der Waals surface area contributed by atoms with Gasteiger partial charge in [0, 0.05) is 5.69 Å². The van der Waals surface area contributed by atoms with Gasteiger partial charge in [-0.1, -0.05) is 23.5 Å². The van der Waals surface area contributed by atoms with Gasteiger partial charge < -0.3 is 5.11 Å². The Balaban J connectivity index is 2.50. The molecule has 5 heteroatoms. The molecule has 80 valence electrons. The van der Waals surface area contributed by atoms with Crippen molar-refractivity contribution in [2.45, 2.75) is 6.92 Å². The van der Waals surface area contributed by atoms with Crippen LogP contribution in [-0.4, -0.2) is 20.5 Å². The third-order valence-corrected chi connectivity index (χ3v) is 3.71. The van der Waals surface area contributed by atoms with Crippen LogP contribution >= 0.6 is 11.3 Å². The molecule has 4 nitrogen and oxygen atoms in total. The van der Waals surface area contributed by atoms with Crippen molar-refractivity contribution in [2.24, 2.45) is 0 Å². The van der Waals surface area contributed by atoms with Gasteiger partial charge in [-0.3, -0.25) is 4.40 Å². The number of imidazole rings is 1. The van der Waals surface area contributed by atoms with E-state index in [2.05, 4.69) is 4.98 Å². The van der Waals surface area contributed by atoms with Gasteiger partial charge in [-0.25, -0.2) is 9.78 Å². The largest absolute Gasteiger partial charge is 0.477 e. The van der Waals surface area contributed by atoms with Gasteiger partial charge in [0.25, 0.3) is 0 Å². The van der Waals surface area contributed by atoms with Crippen molar-refractivity contribution < 1.29 is 9.90 Å². The lowest BCUT2D eigenvalue weighted by Crippen LogP contribution is -1.96. The highest BCUT2D eigenvalue weighted by atomic mass is 32.1. The van der Waals surface area contributed by atoms with Gasteiger partial charge in [0.1, 0.15) is 4.88 Å². The van der Waals surface area contributed by atoms with E-state index in [-0.39, 0.29) is 0 Å². The molecule has 0 atom stereocenters. The number of hydrogen-bond donors (Lipinski definition) is 1. The first-order valence-electron chi connectivity index (χ1n) is 4.78. The lowest BCUT2D eigenvalue weighted by atomic mass is 10.3. The Morgan fingerprint density at radius 2 is 2.19 bits per heavy atom. The predicted molar refractivity (Wildman–Crippen MR) is 62.3 cm³/mol. The van der Waals surface area contributed by atoms with E-state index in [0.29, 0.717) is 4.88 Å². The summed E-state index contributed by atoms with van der Waals surface area (Å²) in [6.45, 7) is 1.81. The number of fused-ring (bicyclic) bond motifs is 3. The first-order chi connectivity index (χ1) is 7.68. The maximum atomic E-state index is 11.0. The quantitative estimate of drug-likeness (QED) is 0.701. The van der Waals surface area contributed by atoms with Crippen LogP contribution < -0.4 is 0 Å². The van der Waals surface area contributed by atoms with E-state index in [1.165, 1.54) is 11.3 Å². The van der Waals surface area contributed by atoms with Gasteiger partial charge in [0.15, 0.2) is 4.96 Å². The van der Waals surface area contributed by atoms with Crippen LogP contribution in [-0.2, 0) is 0 Å². The fourth-order valence-corrected chi connectivity index (χ4v) is 2.84. The summed E-state index contributed by atoms with van der Waals surface area (Å²) in [5, 5.41) is 9.03. The second kappa shape index (κ2) is 3.05. The molecule has 3 rings (SSSR count). The molecule has 2 aromatic heterocycles. The maximum absolute atomic E-state index is 11.0. The number of para-hydroxylation sites is 2. The molecule has 0 saturated heterocycles. The van der Waals surface area contributed by atoms with E-state index in [4.69, 9.17) is 5.11 Å². The number of carboxylic acid groups (broad SMARTS) is 1. The molecule has 0 aliphatic rings. The number of carbonyl (C=O) groups is 1. The van der Waals surface area contributed by atoms with E-state index < -0.39 is 5.97 Å². The van der Waals surface area contributed by atoms with Crippen LogP contribution in [0.2, 0.25) is 0 Å². The molecule has 0 fully saturated rings. The highest BCUT2D eigenvalue weighted by molar-refractivity contribution is 7.19. The second-order valence-corrected chi connectivity index (χ2v) is 4.52. The predicted octanol–water partition coefficient (Wildman–Crippen LogP) is 2.56. The second-order valence-electron chi connectivity index (χ2n) is 3.54. The molecule has 0 radical (unpaired) electrons. The van der Waals surface area contributed by atoms with Crippen molar-refractivity contribution in [2.75, 3.05) is 0 Å². The van der Waals surface area contributed by atoms with Crippen LogP contribution in [0.25, 0.3) is 16.0 Å². The molecular weight excluding hydrogens is 224 g/mol. The summed E-state index contributed by atoms with van der Waals surface area (Å²) in [6.07, 6.45) is 0. The van der Waals surface area contributed by atoms with Crippen molar-refractivity contribution in [3.05, 3.63) is 34.8 Å². The SMILES string of the molecule is Cc1c(C(=O)O)sc2nc3ccccc3n12. The van der Waals surface area contributed by atoms with E-state index in [1.807, 2.05) is 28.7 Å². The number of carboxylic acids is 1. The zero-order chi connectivity index (χ0) is 11.3. The van der Waals surface area contributed by atoms with Crippen molar-refractivity contribution in [1.82, 2.24) is 9.38 Å². The summed E-state index contributed by atoms with van der Waals surface area (Å²) in [5.41, 5.74) is 2.59. The minimum absolute atomic E-state index is 0.355. The molecule has 3 aromatic rings. The highest BCUT2D eigenvalue weighted by Gasteiger charge is 2.17. The molecule has 0 unspecified atom stereocenters. The monoisotopic (exact) mass is 232 g/mol. The number of benzene rings is 1. The molecule has 0 bridgehead atoms. The number of aromatic nitrogens is 2. The lowest BCUT2D eigenvalue weighted by Gasteiger charge is -1.94. The number of aryl methyl sites for hydroxylation is 1. The van der Waals surface area contributed by atoms with Crippen LogP contribution in [0.1, 0.15) is 15.4 Å². The molecule has 1 aromatic carbocycles. The number of hydrogen-bond acceptors (Lipinski definition) is 3. The Bertz CT molecular complexity index is 711. The Morgan fingerprint density at radius 3 is 2.94 bits per heavy atom. The molecule has 16 heavy (non-hydrogen) atoms. The van der Waals surface area contributed by atoms with Gasteiger partial charge in [-0.05, 0) is 19.1 Å². The summed E-state index contributed by atoms with van der Waals surface area (Å²) in [6, 6.07) is 7.72. The van der Waals surface area contributed by atoms with E-state index in [0.717, 1.165) is 21.7 Å². The van der Waals surface area contributed by atoms with E-state index >= 15 is 0 Å². The minimum atomic E-state index is -0.892. The van der Waals surface area contributed by atoms with E-state index in [9.17, 15) is 4.79 Å². The summed E-state index contributed by atoms with van der Waals surface area (Å²) < 4.78 is 1.89. The number of thiazole rings is 1. The van der Waals surface area contributed by atoms with Crippen LogP contribution in [0, 0.1) is 6.92 Å². The third kappa shape index (κ3) is 1.09. The molecule has 0 aliphatic carbocycles. The Hall–Kier alpha value is -1.88. The Morgan fingerprint density at radius 1 is 1.44 bits per heavy atom. The average molecular weight is 232 g/mol. The average Bonchev–Trinajstić information content (AvgIpc) is 2.75. The zero-order valence-corrected chi connectivity index (χ0v) is 9.28. The lowest BCUT2D eigenvalue weighted by molar-refractivity contribution is 0.0701. The fourth-order valence-electron chi connectivity index (χ4n) is 1.86. The molecule has 2 heterocycles. The van der Waals surface area contributed by atoms with Crippen molar-refractivity contribution in [3.63, 3.8) is 0 Å². The Labute approximate surface area is 94.8 Å². The van der Waals surface area contributed by atoms with Crippen LogP contribution in [0.4, 0.5) is 0 Å². The molecule has 0 aliphatic heterocycles. The minimum Gasteiger partial charge on any atom is -0.477 e. The van der Waals surface area contributed by atoms with Crippen molar-refractivity contribution in [3.8, 4) is 0 Å². The molecule has 0 spiro atoms. The number of rotatable bonds is 1. The smallest absolute Gasteiger partial charge is 0.347 e. The normalized spacial score (nSPS) is 11.3. The molecule has 0 saturated carbocycles.